The van der Waals surface area contributed by atoms with Gasteiger partial charge in [-0.2, -0.15) is 0 Å². The number of carbonyl (C=O) groups is 1. The zero-order valence-electron chi connectivity index (χ0n) is 7.65. The van der Waals surface area contributed by atoms with Crippen LogP contribution in [0.4, 0.5) is 0 Å². The Kier molecular flexibility index (Phi) is 2.50. The molecule has 15 heavy (non-hydrogen) atoms. The maximum Gasteiger partial charge on any atom is 0.358 e. The summed E-state index contributed by atoms with van der Waals surface area (Å²) in [6.07, 6.45) is 0. The first-order valence-corrected chi connectivity index (χ1v) is 5.24. The standard InChI is InChI=1S/C9H6ClNO3S/c1-4-7(9(12)13)11-8(14-4)5-2-3-6(10)15-5/h2-3H,1H3,(H,12,13). The van der Waals surface area contributed by atoms with Crippen molar-refractivity contribution in [2.45, 2.75) is 6.92 Å². The zero-order chi connectivity index (χ0) is 11.0. The van der Waals surface area contributed by atoms with E-state index in [0.29, 0.717) is 16.0 Å². The number of thiophene rings is 1. The minimum absolute atomic E-state index is 0.0606. The number of oxazole rings is 1. The SMILES string of the molecule is Cc1oc(-c2ccc(Cl)s2)nc1C(=O)O. The molecule has 2 rings (SSSR count). The highest BCUT2D eigenvalue weighted by molar-refractivity contribution is 7.19. The fourth-order valence-electron chi connectivity index (χ4n) is 1.13. The van der Waals surface area contributed by atoms with E-state index in [1.165, 1.54) is 11.3 Å². The van der Waals surface area contributed by atoms with E-state index in [2.05, 4.69) is 4.98 Å². The van der Waals surface area contributed by atoms with E-state index in [-0.39, 0.29) is 5.69 Å². The highest BCUT2D eigenvalue weighted by atomic mass is 35.5. The van der Waals surface area contributed by atoms with Crippen LogP contribution in [0.5, 0.6) is 0 Å². The third-order valence-corrected chi connectivity index (χ3v) is 3.00. The molecule has 0 amide bonds. The molecule has 2 aromatic rings. The molecule has 4 nitrogen and oxygen atoms in total. The van der Waals surface area contributed by atoms with Gasteiger partial charge in [0.05, 0.1) is 9.21 Å². The van der Waals surface area contributed by atoms with Crippen molar-refractivity contribution in [3.8, 4) is 10.8 Å². The molecule has 0 saturated heterocycles. The molecule has 0 aliphatic carbocycles. The molecule has 2 aromatic heterocycles. The van der Waals surface area contributed by atoms with Gasteiger partial charge in [0.15, 0.2) is 5.69 Å². The van der Waals surface area contributed by atoms with Gasteiger partial charge in [-0.15, -0.1) is 11.3 Å². The molecule has 2 heterocycles. The van der Waals surface area contributed by atoms with E-state index in [0.717, 1.165) is 4.88 Å². The smallest absolute Gasteiger partial charge is 0.358 e. The predicted molar refractivity (Wildman–Crippen MR) is 56.5 cm³/mol. The number of aromatic nitrogens is 1. The number of carboxylic acids is 1. The summed E-state index contributed by atoms with van der Waals surface area (Å²) >= 11 is 7.04. The zero-order valence-corrected chi connectivity index (χ0v) is 9.22. The van der Waals surface area contributed by atoms with Crippen LogP contribution in [0.25, 0.3) is 10.8 Å². The molecular weight excluding hydrogens is 238 g/mol. The summed E-state index contributed by atoms with van der Waals surface area (Å²) in [7, 11) is 0. The molecule has 0 atom stereocenters. The maximum absolute atomic E-state index is 10.7. The van der Waals surface area contributed by atoms with Crippen LogP contribution in [-0.4, -0.2) is 16.1 Å². The number of rotatable bonds is 2. The predicted octanol–water partition coefficient (Wildman–Crippen LogP) is 3.06. The number of hydrogen-bond donors (Lipinski definition) is 1. The summed E-state index contributed by atoms with van der Waals surface area (Å²) in [4.78, 5) is 15.3. The Morgan fingerprint density at radius 1 is 1.60 bits per heavy atom. The second kappa shape index (κ2) is 3.67. The van der Waals surface area contributed by atoms with Crippen molar-refractivity contribution in [2.75, 3.05) is 0 Å². The van der Waals surface area contributed by atoms with Gasteiger partial charge in [-0.25, -0.2) is 9.78 Å². The average Bonchev–Trinajstić information content (AvgIpc) is 2.71. The van der Waals surface area contributed by atoms with Gasteiger partial charge in [0.1, 0.15) is 5.76 Å². The van der Waals surface area contributed by atoms with E-state index < -0.39 is 5.97 Å². The van der Waals surface area contributed by atoms with E-state index in [4.69, 9.17) is 21.1 Å². The Balaban J connectivity index is 2.46. The molecule has 78 valence electrons. The third-order valence-electron chi connectivity index (χ3n) is 1.78. The molecule has 0 aromatic carbocycles. The van der Waals surface area contributed by atoms with Crippen molar-refractivity contribution in [2.24, 2.45) is 0 Å². The van der Waals surface area contributed by atoms with Crippen LogP contribution in [0.1, 0.15) is 16.2 Å². The van der Waals surface area contributed by atoms with Crippen molar-refractivity contribution in [3.05, 3.63) is 27.9 Å². The lowest BCUT2D eigenvalue weighted by molar-refractivity contribution is 0.0689. The number of nitrogens with zero attached hydrogens (tertiary/aromatic N) is 1. The van der Waals surface area contributed by atoms with Crippen LogP contribution in [0.15, 0.2) is 16.5 Å². The van der Waals surface area contributed by atoms with E-state index in [1.807, 2.05) is 0 Å². The lowest BCUT2D eigenvalue weighted by Gasteiger charge is -1.85. The number of halogens is 1. The Morgan fingerprint density at radius 2 is 2.33 bits per heavy atom. The topological polar surface area (TPSA) is 63.3 Å². The van der Waals surface area contributed by atoms with Crippen LogP contribution in [0.2, 0.25) is 4.34 Å². The number of aryl methyl sites for hydroxylation is 1. The van der Waals surface area contributed by atoms with Gasteiger partial charge in [0.25, 0.3) is 0 Å². The molecule has 1 N–H and O–H groups in total. The van der Waals surface area contributed by atoms with Crippen molar-refractivity contribution in [3.63, 3.8) is 0 Å². The van der Waals surface area contributed by atoms with Gasteiger partial charge < -0.3 is 9.52 Å². The third kappa shape index (κ3) is 1.88. The first kappa shape index (κ1) is 10.2. The van der Waals surface area contributed by atoms with Crippen LogP contribution in [0, 0.1) is 6.92 Å². The number of carboxylic acid groups (broad SMARTS) is 1. The van der Waals surface area contributed by atoms with Crippen LogP contribution < -0.4 is 0 Å². The molecule has 0 radical (unpaired) electrons. The summed E-state index contributed by atoms with van der Waals surface area (Å²) in [5.41, 5.74) is -0.0606. The molecule has 0 saturated carbocycles. The Hall–Kier alpha value is -1.33. The quantitative estimate of drug-likeness (QED) is 0.881. The lowest BCUT2D eigenvalue weighted by Crippen LogP contribution is -1.98. The largest absolute Gasteiger partial charge is 0.476 e. The van der Waals surface area contributed by atoms with Crippen LogP contribution >= 0.6 is 22.9 Å². The molecule has 0 aliphatic heterocycles. The van der Waals surface area contributed by atoms with Gasteiger partial charge >= 0.3 is 5.97 Å². The summed E-state index contributed by atoms with van der Waals surface area (Å²) < 4.78 is 5.84. The molecule has 6 heteroatoms. The minimum Gasteiger partial charge on any atom is -0.476 e. The fraction of sp³-hybridized carbons (Fsp3) is 0.111. The summed E-state index contributed by atoms with van der Waals surface area (Å²) in [6.45, 7) is 1.56. The maximum atomic E-state index is 10.7. The van der Waals surface area contributed by atoms with Crippen molar-refractivity contribution < 1.29 is 14.3 Å². The lowest BCUT2D eigenvalue weighted by atomic mass is 10.4. The normalized spacial score (nSPS) is 10.5. The number of aromatic carboxylic acids is 1. The van der Waals surface area contributed by atoms with Crippen LogP contribution in [0.3, 0.4) is 0 Å². The van der Waals surface area contributed by atoms with E-state index in [9.17, 15) is 4.79 Å². The minimum atomic E-state index is -1.09. The highest BCUT2D eigenvalue weighted by Gasteiger charge is 2.17. The van der Waals surface area contributed by atoms with Gasteiger partial charge in [0.2, 0.25) is 5.89 Å². The first-order chi connectivity index (χ1) is 7.08. The molecule has 0 bridgehead atoms. The van der Waals surface area contributed by atoms with Crippen molar-refractivity contribution in [1.29, 1.82) is 0 Å². The van der Waals surface area contributed by atoms with Gasteiger partial charge in [-0.05, 0) is 19.1 Å². The molecule has 0 spiro atoms. The Morgan fingerprint density at radius 3 is 2.80 bits per heavy atom. The Bertz CT molecular complexity index is 517. The second-order valence-corrected chi connectivity index (χ2v) is 4.55. The van der Waals surface area contributed by atoms with Crippen LogP contribution in [-0.2, 0) is 0 Å². The van der Waals surface area contributed by atoms with Crippen molar-refractivity contribution >= 4 is 28.9 Å². The molecular formula is C9H6ClNO3S. The monoisotopic (exact) mass is 243 g/mol. The fourth-order valence-corrected chi connectivity index (χ4v) is 2.10. The molecule has 0 unspecified atom stereocenters. The Labute approximate surface area is 94.1 Å². The molecule has 0 aliphatic rings. The van der Waals surface area contributed by atoms with Crippen molar-refractivity contribution in [1.82, 2.24) is 4.98 Å². The van der Waals surface area contributed by atoms with Gasteiger partial charge in [-0.3, -0.25) is 0 Å². The summed E-state index contributed by atoms with van der Waals surface area (Å²) in [5, 5.41) is 8.79. The van der Waals surface area contributed by atoms with E-state index in [1.54, 1.807) is 19.1 Å². The van der Waals surface area contributed by atoms with Gasteiger partial charge in [-0.1, -0.05) is 11.6 Å². The second-order valence-electron chi connectivity index (χ2n) is 2.83. The summed E-state index contributed by atoms with van der Waals surface area (Å²) in [6, 6.07) is 3.45. The first-order valence-electron chi connectivity index (χ1n) is 4.04. The summed E-state index contributed by atoms with van der Waals surface area (Å²) in [5.74, 6) is -0.506. The van der Waals surface area contributed by atoms with E-state index >= 15 is 0 Å². The average molecular weight is 244 g/mol. The number of hydrogen-bond acceptors (Lipinski definition) is 4. The molecule has 0 fully saturated rings. The van der Waals surface area contributed by atoms with Gasteiger partial charge in [0, 0.05) is 0 Å². The highest BCUT2D eigenvalue weighted by Crippen LogP contribution is 2.31.